The van der Waals surface area contributed by atoms with Crippen molar-refractivity contribution in [3.8, 4) is 0 Å². The molecular formula is C20H21ClFN7O2. The molecule has 9 nitrogen and oxygen atoms in total. The molecule has 3 aromatic rings. The lowest BCUT2D eigenvalue weighted by Gasteiger charge is -2.34. The zero-order chi connectivity index (χ0) is 21.8. The lowest BCUT2D eigenvalue weighted by molar-refractivity contribution is -0.144. The summed E-state index contributed by atoms with van der Waals surface area (Å²) >= 11 is 5.87. The minimum atomic E-state index is -0.494. The molecule has 0 atom stereocenters. The summed E-state index contributed by atoms with van der Waals surface area (Å²) in [5, 5.41) is 3.13. The summed E-state index contributed by atoms with van der Waals surface area (Å²) in [5.41, 5.74) is 1.71. The van der Waals surface area contributed by atoms with E-state index in [-0.39, 0.29) is 17.5 Å². The third-order valence-electron chi connectivity index (χ3n) is 4.86. The number of anilines is 3. The highest BCUT2D eigenvalue weighted by Gasteiger charge is 2.22. The fourth-order valence-corrected chi connectivity index (χ4v) is 3.48. The van der Waals surface area contributed by atoms with Crippen molar-refractivity contribution in [1.82, 2.24) is 24.8 Å². The number of ether oxygens (including phenoxy) is 1. The standard InChI is InChI=1S/C20H21ClFN7O2/c1-2-31-17(30)11-28-5-7-29(8-6-28)20-23-10-16-18(27-20)19(25-12-24-16)26-13-3-4-15(22)14(21)9-13/h3-4,9-10,12H,2,5-8,11H2,1H3,(H,24,25,26). The van der Waals surface area contributed by atoms with E-state index in [1.807, 2.05) is 9.80 Å². The Bertz CT molecular complexity index is 1090. The monoisotopic (exact) mass is 445 g/mol. The average molecular weight is 446 g/mol. The molecule has 0 radical (unpaired) electrons. The summed E-state index contributed by atoms with van der Waals surface area (Å²) in [4.78, 5) is 33.4. The predicted octanol–water partition coefficient (Wildman–Crippen LogP) is 2.64. The minimum Gasteiger partial charge on any atom is -0.465 e. The number of halogens is 2. The van der Waals surface area contributed by atoms with Crippen molar-refractivity contribution in [2.45, 2.75) is 6.92 Å². The molecule has 0 aliphatic carbocycles. The number of nitrogens with one attached hydrogen (secondary N) is 1. The number of fused-ring (bicyclic) bond motifs is 1. The van der Waals surface area contributed by atoms with Gasteiger partial charge in [0.1, 0.15) is 23.2 Å². The summed E-state index contributed by atoms with van der Waals surface area (Å²) in [6.07, 6.45) is 3.06. The second-order valence-electron chi connectivity index (χ2n) is 6.95. The van der Waals surface area contributed by atoms with Gasteiger partial charge in [0.25, 0.3) is 0 Å². The molecule has 11 heteroatoms. The maximum atomic E-state index is 13.4. The average Bonchev–Trinajstić information content (AvgIpc) is 2.77. The first-order chi connectivity index (χ1) is 15.0. The van der Waals surface area contributed by atoms with Crippen LogP contribution in [0.25, 0.3) is 11.0 Å². The van der Waals surface area contributed by atoms with Gasteiger partial charge in [-0.1, -0.05) is 11.6 Å². The number of nitrogens with zero attached hydrogens (tertiary/aromatic N) is 6. The fraction of sp³-hybridized carbons (Fsp3) is 0.350. The van der Waals surface area contributed by atoms with Gasteiger partial charge >= 0.3 is 5.97 Å². The van der Waals surface area contributed by atoms with Crippen molar-refractivity contribution in [2.75, 3.05) is 49.5 Å². The van der Waals surface area contributed by atoms with Gasteiger partial charge in [-0.2, -0.15) is 0 Å². The van der Waals surface area contributed by atoms with E-state index in [2.05, 4.69) is 25.3 Å². The molecule has 2 aromatic heterocycles. The quantitative estimate of drug-likeness (QED) is 0.574. The number of esters is 1. The summed E-state index contributed by atoms with van der Waals surface area (Å²) in [5.74, 6) is 0.314. The van der Waals surface area contributed by atoms with Crippen molar-refractivity contribution in [1.29, 1.82) is 0 Å². The van der Waals surface area contributed by atoms with E-state index in [9.17, 15) is 9.18 Å². The highest BCUT2D eigenvalue weighted by Crippen LogP contribution is 2.26. The Kier molecular flexibility index (Phi) is 6.38. The number of aromatic nitrogens is 4. The molecule has 162 valence electrons. The molecule has 4 rings (SSSR count). The minimum absolute atomic E-state index is 0.0133. The molecule has 0 spiro atoms. The first-order valence-corrected chi connectivity index (χ1v) is 10.2. The lowest BCUT2D eigenvalue weighted by atomic mass is 10.3. The van der Waals surface area contributed by atoms with E-state index in [0.29, 0.717) is 61.3 Å². The number of carbonyl (C=O) groups excluding carboxylic acids is 1. The van der Waals surface area contributed by atoms with E-state index in [1.165, 1.54) is 18.5 Å². The number of piperazine rings is 1. The van der Waals surface area contributed by atoms with Crippen LogP contribution in [0.3, 0.4) is 0 Å². The largest absolute Gasteiger partial charge is 0.465 e. The van der Waals surface area contributed by atoms with Gasteiger partial charge in [0.15, 0.2) is 5.82 Å². The van der Waals surface area contributed by atoms with Gasteiger partial charge in [-0.05, 0) is 25.1 Å². The Morgan fingerprint density at radius 2 is 2.03 bits per heavy atom. The van der Waals surface area contributed by atoms with Crippen LogP contribution in [0, 0.1) is 5.82 Å². The Balaban J connectivity index is 1.51. The summed E-state index contributed by atoms with van der Waals surface area (Å²) in [7, 11) is 0. The van der Waals surface area contributed by atoms with Gasteiger partial charge in [0, 0.05) is 31.9 Å². The normalized spacial score (nSPS) is 14.6. The topological polar surface area (TPSA) is 96.4 Å². The number of rotatable bonds is 6. The molecule has 1 N–H and O–H groups in total. The van der Waals surface area contributed by atoms with Crippen molar-refractivity contribution < 1.29 is 13.9 Å². The van der Waals surface area contributed by atoms with Crippen LogP contribution in [0.2, 0.25) is 5.02 Å². The predicted molar refractivity (Wildman–Crippen MR) is 115 cm³/mol. The number of hydrogen-bond donors (Lipinski definition) is 1. The van der Waals surface area contributed by atoms with Crippen LogP contribution < -0.4 is 10.2 Å². The molecule has 0 saturated carbocycles. The van der Waals surface area contributed by atoms with E-state index in [1.54, 1.807) is 19.2 Å². The zero-order valence-electron chi connectivity index (χ0n) is 16.9. The molecule has 1 aromatic carbocycles. The van der Waals surface area contributed by atoms with E-state index >= 15 is 0 Å². The number of carbonyl (C=O) groups is 1. The molecule has 1 fully saturated rings. The zero-order valence-corrected chi connectivity index (χ0v) is 17.6. The van der Waals surface area contributed by atoms with Gasteiger partial charge in [-0.15, -0.1) is 0 Å². The maximum absolute atomic E-state index is 13.4. The van der Waals surface area contributed by atoms with E-state index in [0.717, 1.165) is 0 Å². The van der Waals surface area contributed by atoms with Gasteiger partial charge in [0.05, 0.1) is 24.4 Å². The highest BCUT2D eigenvalue weighted by atomic mass is 35.5. The molecule has 0 unspecified atom stereocenters. The Hall–Kier alpha value is -3.11. The van der Waals surface area contributed by atoms with E-state index < -0.39 is 5.82 Å². The van der Waals surface area contributed by atoms with Crippen LogP contribution in [-0.4, -0.2) is 70.1 Å². The molecule has 31 heavy (non-hydrogen) atoms. The second kappa shape index (κ2) is 9.36. The van der Waals surface area contributed by atoms with Gasteiger partial charge < -0.3 is 15.0 Å². The number of hydrogen-bond acceptors (Lipinski definition) is 9. The maximum Gasteiger partial charge on any atom is 0.320 e. The number of benzene rings is 1. The summed E-state index contributed by atoms with van der Waals surface area (Å²) in [6.45, 7) is 5.21. The molecule has 1 saturated heterocycles. The van der Waals surface area contributed by atoms with Crippen LogP contribution in [0.5, 0.6) is 0 Å². The molecule has 0 bridgehead atoms. The van der Waals surface area contributed by atoms with Crippen LogP contribution in [0.15, 0.2) is 30.7 Å². The molecular weight excluding hydrogens is 425 g/mol. The summed E-state index contributed by atoms with van der Waals surface area (Å²) < 4.78 is 18.5. The molecule has 0 amide bonds. The highest BCUT2D eigenvalue weighted by molar-refractivity contribution is 6.31. The smallest absolute Gasteiger partial charge is 0.320 e. The van der Waals surface area contributed by atoms with Crippen LogP contribution in [0.1, 0.15) is 6.92 Å². The molecule has 1 aliphatic heterocycles. The third-order valence-corrected chi connectivity index (χ3v) is 5.15. The van der Waals surface area contributed by atoms with Crippen molar-refractivity contribution in [3.05, 3.63) is 41.6 Å². The van der Waals surface area contributed by atoms with Crippen LogP contribution >= 0.6 is 11.6 Å². The Morgan fingerprint density at radius 3 is 2.77 bits per heavy atom. The van der Waals surface area contributed by atoms with Crippen molar-refractivity contribution >= 4 is 46.1 Å². The summed E-state index contributed by atoms with van der Waals surface area (Å²) in [6, 6.07) is 4.33. The molecule has 3 heterocycles. The van der Waals surface area contributed by atoms with Crippen LogP contribution in [-0.2, 0) is 9.53 Å². The van der Waals surface area contributed by atoms with Gasteiger partial charge in [0.2, 0.25) is 5.95 Å². The first kappa shape index (κ1) is 21.1. The Labute approximate surface area is 183 Å². The lowest BCUT2D eigenvalue weighted by Crippen LogP contribution is -2.48. The third kappa shape index (κ3) is 4.97. The van der Waals surface area contributed by atoms with Crippen LogP contribution in [0.4, 0.5) is 21.8 Å². The fourth-order valence-electron chi connectivity index (χ4n) is 3.29. The SMILES string of the molecule is CCOC(=O)CN1CCN(c2ncc3ncnc(Nc4ccc(F)c(Cl)c4)c3n2)CC1. The van der Waals surface area contributed by atoms with Crippen molar-refractivity contribution in [3.63, 3.8) is 0 Å². The van der Waals surface area contributed by atoms with Gasteiger partial charge in [-0.3, -0.25) is 9.69 Å². The molecule has 1 aliphatic rings. The first-order valence-electron chi connectivity index (χ1n) is 9.86. The van der Waals surface area contributed by atoms with Crippen molar-refractivity contribution in [2.24, 2.45) is 0 Å². The van der Waals surface area contributed by atoms with E-state index in [4.69, 9.17) is 16.3 Å². The van der Waals surface area contributed by atoms with Gasteiger partial charge in [-0.25, -0.2) is 24.3 Å². The Morgan fingerprint density at radius 1 is 1.23 bits per heavy atom. The second-order valence-corrected chi connectivity index (χ2v) is 7.36.